The summed E-state index contributed by atoms with van der Waals surface area (Å²) in [4.78, 5) is 16.6. The van der Waals surface area contributed by atoms with Gasteiger partial charge in [-0.1, -0.05) is 6.07 Å². The van der Waals surface area contributed by atoms with Crippen LogP contribution in [0.4, 0.5) is 5.13 Å². The normalized spacial score (nSPS) is 10.1. The van der Waals surface area contributed by atoms with E-state index in [1.54, 1.807) is 16.7 Å². The second-order valence-corrected chi connectivity index (χ2v) is 4.75. The van der Waals surface area contributed by atoms with Crippen molar-refractivity contribution >= 4 is 33.7 Å². The maximum Gasteiger partial charge on any atom is 0.271 e. The number of carbonyl (C=O) groups excluding carboxylic acids is 1. The van der Waals surface area contributed by atoms with Crippen molar-refractivity contribution in [3.63, 3.8) is 0 Å². The Balaban J connectivity index is 1.93. The zero-order valence-corrected chi connectivity index (χ0v) is 9.40. The van der Waals surface area contributed by atoms with Crippen LogP contribution >= 0.6 is 22.7 Å². The lowest BCUT2D eigenvalue weighted by molar-refractivity contribution is 0.0947. The van der Waals surface area contributed by atoms with Crippen LogP contribution in [0.2, 0.25) is 0 Å². The first kappa shape index (κ1) is 10.1. The Morgan fingerprint density at radius 3 is 3.00 bits per heavy atom. The van der Waals surface area contributed by atoms with Crippen molar-refractivity contribution in [1.29, 1.82) is 0 Å². The number of rotatable bonds is 3. The molecule has 0 spiro atoms. The lowest BCUT2D eigenvalue weighted by atomic mass is 10.4. The number of aromatic nitrogens is 1. The van der Waals surface area contributed by atoms with Crippen LogP contribution in [0.3, 0.4) is 0 Å². The summed E-state index contributed by atoms with van der Waals surface area (Å²) in [5.41, 5.74) is 5.82. The summed E-state index contributed by atoms with van der Waals surface area (Å²) >= 11 is 2.87. The second-order valence-electron chi connectivity index (χ2n) is 2.83. The number of carbonyl (C=O) groups is 1. The molecular weight excluding hydrogens is 230 g/mol. The van der Waals surface area contributed by atoms with E-state index in [2.05, 4.69) is 10.3 Å². The van der Waals surface area contributed by atoms with Crippen LogP contribution in [-0.4, -0.2) is 10.9 Å². The lowest BCUT2D eigenvalue weighted by Crippen LogP contribution is -2.22. The minimum absolute atomic E-state index is 0.184. The predicted molar refractivity (Wildman–Crippen MR) is 62.0 cm³/mol. The molecule has 0 fully saturated rings. The maximum atomic E-state index is 11.5. The fourth-order valence-corrected chi connectivity index (χ4v) is 2.25. The van der Waals surface area contributed by atoms with E-state index in [1.165, 1.54) is 11.3 Å². The molecule has 2 aromatic rings. The average Bonchev–Trinajstić information content (AvgIpc) is 2.84. The fourth-order valence-electron chi connectivity index (χ4n) is 1.06. The van der Waals surface area contributed by atoms with Gasteiger partial charge in [-0.2, -0.15) is 0 Å². The quantitative estimate of drug-likeness (QED) is 0.857. The summed E-state index contributed by atoms with van der Waals surface area (Å²) < 4.78 is 0. The van der Waals surface area contributed by atoms with Crippen molar-refractivity contribution in [3.8, 4) is 0 Å². The Morgan fingerprint density at radius 1 is 1.53 bits per heavy atom. The van der Waals surface area contributed by atoms with Crippen LogP contribution in [0, 0.1) is 0 Å². The SMILES string of the molecule is Nc1nc(C(=O)NCc2cccs2)cs1. The van der Waals surface area contributed by atoms with Gasteiger partial charge in [0, 0.05) is 10.3 Å². The van der Waals surface area contributed by atoms with Crippen molar-refractivity contribution in [2.24, 2.45) is 0 Å². The van der Waals surface area contributed by atoms with E-state index in [9.17, 15) is 4.79 Å². The molecule has 2 aromatic heterocycles. The molecule has 2 rings (SSSR count). The van der Waals surface area contributed by atoms with Gasteiger partial charge in [0.15, 0.2) is 5.13 Å². The highest BCUT2D eigenvalue weighted by Gasteiger charge is 2.08. The number of nitrogens with two attached hydrogens (primary N) is 1. The van der Waals surface area contributed by atoms with E-state index >= 15 is 0 Å². The number of thiophene rings is 1. The first-order valence-corrected chi connectivity index (χ1v) is 6.03. The smallest absolute Gasteiger partial charge is 0.271 e. The van der Waals surface area contributed by atoms with Crippen molar-refractivity contribution in [1.82, 2.24) is 10.3 Å². The number of anilines is 1. The van der Waals surface area contributed by atoms with Crippen LogP contribution in [0.15, 0.2) is 22.9 Å². The van der Waals surface area contributed by atoms with E-state index in [4.69, 9.17) is 5.73 Å². The number of nitrogens with zero attached hydrogens (tertiary/aromatic N) is 1. The Bertz CT molecular complexity index is 450. The summed E-state index contributed by atoms with van der Waals surface area (Å²) in [5.74, 6) is -0.184. The van der Waals surface area contributed by atoms with Gasteiger partial charge in [-0.3, -0.25) is 4.79 Å². The molecule has 6 heteroatoms. The minimum atomic E-state index is -0.184. The topological polar surface area (TPSA) is 68.0 Å². The highest BCUT2D eigenvalue weighted by Crippen LogP contribution is 2.11. The van der Waals surface area contributed by atoms with Crippen LogP contribution in [0.5, 0.6) is 0 Å². The molecule has 0 bridgehead atoms. The van der Waals surface area contributed by atoms with Crippen LogP contribution in [0.1, 0.15) is 15.4 Å². The molecule has 0 aromatic carbocycles. The molecule has 0 aliphatic carbocycles. The van der Waals surface area contributed by atoms with Crippen LogP contribution in [-0.2, 0) is 6.54 Å². The zero-order chi connectivity index (χ0) is 10.7. The average molecular weight is 239 g/mol. The standard InChI is InChI=1S/C9H9N3OS2/c10-9-12-7(5-15-9)8(13)11-4-6-2-1-3-14-6/h1-3,5H,4H2,(H2,10,12)(H,11,13). The molecule has 0 atom stereocenters. The molecule has 4 nitrogen and oxygen atoms in total. The molecule has 15 heavy (non-hydrogen) atoms. The van der Waals surface area contributed by atoms with E-state index in [0.29, 0.717) is 17.4 Å². The molecule has 0 saturated carbocycles. The summed E-state index contributed by atoms with van der Waals surface area (Å²) in [6.45, 7) is 0.536. The molecular formula is C9H9N3OS2. The Labute approximate surface area is 94.8 Å². The lowest BCUT2D eigenvalue weighted by Gasteiger charge is -1.99. The van der Waals surface area contributed by atoms with Crippen molar-refractivity contribution in [2.45, 2.75) is 6.54 Å². The van der Waals surface area contributed by atoms with Gasteiger partial charge >= 0.3 is 0 Å². The summed E-state index contributed by atoms with van der Waals surface area (Å²) in [7, 11) is 0. The van der Waals surface area contributed by atoms with Gasteiger partial charge in [-0.15, -0.1) is 22.7 Å². The van der Waals surface area contributed by atoms with E-state index in [0.717, 1.165) is 4.88 Å². The first-order chi connectivity index (χ1) is 7.25. The van der Waals surface area contributed by atoms with Gasteiger partial charge in [-0.05, 0) is 11.4 Å². The molecule has 0 aliphatic heterocycles. The molecule has 78 valence electrons. The largest absolute Gasteiger partial charge is 0.375 e. The van der Waals surface area contributed by atoms with Gasteiger partial charge in [-0.25, -0.2) is 4.98 Å². The molecule has 0 unspecified atom stereocenters. The number of amides is 1. The maximum absolute atomic E-state index is 11.5. The number of nitrogens with one attached hydrogen (secondary N) is 1. The monoisotopic (exact) mass is 239 g/mol. The third-order valence-corrected chi connectivity index (χ3v) is 3.31. The number of nitrogen functional groups attached to an aromatic ring is 1. The third kappa shape index (κ3) is 2.54. The Hall–Kier alpha value is -1.40. The van der Waals surface area contributed by atoms with E-state index in [-0.39, 0.29) is 5.91 Å². The summed E-state index contributed by atoms with van der Waals surface area (Å²) in [6.07, 6.45) is 0. The van der Waals surface area contributed by atoms with Gasteiger partial charge in [0.25, 0.3) is 5.91 Å². The molecule has 2 heterocycles. The molecule has 0 saturated heterocycles. The highest BCUT2D eigenvalue weighted by atomic mass is 32.1. The molecule has 1 amide bonds. The number of hydrogen-bond donors (Lipinski definition) is 2. The Morgan fingerprint density at radius 2 is 2.40 bits per heavy atom. The highest BCUT2D eigenvalue weighted by molar-refractivity contribution is 7.13. The van der Waals surface area contributed by atoms with Crippen LogP contribution in [0.25, 0.3) is 0 Å². The van der Waals surface area contributed by atoms with Crippen molar-refractivity contribution in [3.05, 3.63) is 33.5 Å². The van der Waals surface area contributed by atoms with Gasteiger partial charge in [0.05, 0.1) is 6.54 Å². The van der Waals surface area contributed by atoms with Crippen molar-refractivity contribution in [2.75, 3.05) is 5.73 Å². The van der Waals surface area contributed by atoms with E-state index < -0.39 is 0 Å². The summed E-state index contributed by atoms with van der Waals surface area (Å²) in [6, 6.07) is 3.92. The molecule has 0 radical (unpaired) electrons. The zero-order valence-electron chi connectivity index (χ0n) is 7.77. The van der Waals surface area contributed by atoms with Crippen molar-refractivity contribution < 1.29 is 4.79 Å². The third-order valence-electron chi connectivity index (χ3n) is 1.76. The van der Waals surface area contributed by atoms with Gasteiger partial charge in [0.1, 0.15) is 5.69 Å². The van der Waals surface area contributed by atoms with Gasteiger partial charge in [0.2, 0.25) is 0 Å². The van der Waals surface area contributed by atoms with Gasteiger partial charge < -0.3 is 11.1 Å². The Kier molecular flexibility index (Phi) is 2.98. The number of hydrogen-bond acceptors (Lipinski definition) is 5. The fraction of sp³-hybridized carbons (Fsp3) is 0.111. The predicted octanol–water partition coefficient (Wildman–Crippen LogP) is 1.72. The number of thiazole rings is 1. The van der Waals surface area contributed by atoms with E-state index in [1.807, 2.05) is 17.5 Å². The second kappa shape index (κ2) is 4.41. The first-order valence-electron chi connectivity index (χ1n) is 4.27. The van der Waals surface area contributed by atoms with Crippen LogP contribution < -0.4 is 11.1 Å². The summed E-state index contributed by atoms with van der Waals surface area (Å²) in [5, 5.41) is 6.81. The molecule has 0 aliphatic rings. The minimum Gasteiger partial charge on any atom is -0.375 e. The molecule has 3 N–H and O–H groups in total.